The minimum Gasteiger partial charge on any atom is -0.493 e. The monoisotopic (exact) mass is 323 g/mol. The standard InChI is InChI=1S/C20H21NO3/c1-3-21(15-6-4-5-13(2)11-15)20(22)18-16-8-10-23-17(16)12-14-7-9-24-19(14)18/h4-6,11-12H,3,7-10H2,1-2H3. The third-order valence-corrected chi connectivity index (χ3v) is 4.74. The minimum absolute atomic E-state index is 0.00333. The first kappa shape index (κ1) is 15.1. The highest BCUT2D eigenvalue weighted by Gasteiger charge is 2.32. The molecular weight excluding hydrogens is 302 g/mol. The lowest BCUT2D eigenvalue weighted by molar-refractivity contribution is 0.0984. The van der Waals surface area contributed by atoms with Crippen molar-refractivity contribution in [1.82, 2.24) is 0 Å². The third kappa shape index (κ3) is 2.33. The van der Waals surface area contributed by atoms with Crippen molar-refractivity contribution in [2.45, 2.75) is 26.7 Å². The second-order valence-corrected chi connectivity index (χ2v) is 6.30. The molecule has 4 rings (SSSR count). The number of ether oxygens (including phenoxy) is 2. The highest BCUT2D eigenvalue weighted by molar-refractivity contribution is 6.10. The van der Waals surface area contributed by atoms with Gasteiger partial charge in [-0.15, -0.1) is 0 Å². The molecule has 2 aromatic carbocycles. The number of rotatable bonds is 3. The van der Waals surface area contributed by atoms with Gasteiger partial charge in [-0.1, -0.05) is 12.1 Å². The number of hydrogen-bond acceptors (Lipinski definition) is 3. The van der Waals surface area contributed by atoms with Gasteiger partial charge in [-0.2, -0.15) is 0 Å². The zero-order valence-electron chi connectivity index (χ0n) is 14.1. The quantitative estimate of drug-likeness (QED) is 0.867. The molecule has 2 heterocycles. The molecule has 1 amide bonds. The van der Waals surface area contributed by atoms with E-state index in [0.717, 1.165) is 46.7 Å². The molecular formula is C20H21NO3. The molecule has 0 fully saturated rings. The predicted molar refractivity (Wildman–Crippen MR) is 93.4 cm³/mol. The van der Waals surface area contributed by atoms with Crippen LogP contribution < -0.4 is 14.4 Å². The maximum atomic E-state index is 13.4. The van der Waals surface area contributed by atoms with Gasteiger partial charge in [-0.05, 0) is 37.6 Å². The first-order valence-corrected chi connectivity index (χ1v) is 8.52. The van der Waals surface area contributed by atoms with Crippen LogP contribution >= 0.6 is 0 Å². The van der Waals surface area contributed by atoms with Crippen molar-refractivity contribution < 1.29 is 14.3 Å². The van der Waals surface area contributed by atoms with Crippen LogP contribution in [0.4, 0.5) is 5.69 Å². The van der Waals surface area contributed by atoms with E-state index in [0.29, 0.717) is 25.3 Å². The smallest absolute Gasteiger partial charge is 0.262 e. The number of nitrogens with zero attached hydrogens (tertiary/aromatic N) is 1. The summed E-state index contributed by atoms with van der Waals surface area (Å²) in [5, 5.41) is 0. The van der Waals surface area contributed by atoms with Gasteiger partial charge >= 0.3 is 0 Å². The molecule has 0 N–H and O–H groups in total. The number of aryl methyl sites for hydroxylation is 1. The van der Waals surface area contributed by atoms with Gasteiger partial charge in [-0.25, -0.2) is 0 Å². The number of fused-ring (bicyclic) bond motifs is 2. The highest BCUT2D eigenvalue weighted by atomic mass is 16.5. The lowest BCUT2D eigenvalue weighted by Gasteiger charge is -2.23. The molecule has 2 aliphatic heterocycles. The molecule has 4 heteroatoms. The number of carbonyl (C=O) groups is 1. The third-order valence-electron chi connectivity index (χ3n) is 4.74. The molecule has 0 spiro atoms. The van der Waals surface area contributed by atoms with E-state index in [9.17, 15) is 4.79 Å². The summed E-state index contributed by atoms with van der Waals surface area (Å²) >= 11 is 0. The summed E-state index contributed by atoms with van der Waals surface area (Å²) in [5.41, 5.74) is 4.83. The van der Waals surface area contributed by atoms with Gasteiger partial charge in [0.15, 0.2) is 0 Å². The van der Waals surface area contributed by atoms with Gasteiger partial charge in [0.05, 0.1) is 18.8 Å². The molecule has 2 aliphatic rings. The van der Waals surface area contributed by atoms with Crippen molar-refractivity contribution in [3.05, 3.63) is 52.6 Å². The van der Waals surface area contributed by atoms with Crippen LogP contribution in [0.25, 0.3) is 0 Å². The first-order valence-electron chi connectivity index (χ1n) is 8.52. The van der Waals surface area contributed by atoms with Crippen LogP contribution in [0.15, 0.2) is 30.3 Å². The molecule has 0 atom stereocenters. The van der Waals surface area contributed by atoms with Crippen molar-refractivity contribution in [1.29, 1.82) is 0 Å². The highest BCUT2D eigenvalue weighted by Crippen LogP contribution is 2.41. The zero-order valence-corrected chi connectivity index (χ0v) is 14.1. The summed E-state index contributed by atoms with van der Waals surface area (Å²) in [4.78, 5) is 15.2. The summed E-state index contributed by atoms with van der Waals surface area (Å²) in [6.45, 7) is 5.92. The van der Waals surface area contributed by atoms with Gasteiger partial charge in [-0.3, -0.25) is 4.79 Å². The normalized spacial score (nSPS) is 14.6. The van der Waals surface area contributed by atoms with E-state index in [1.54, 1.807) is 0 Å². The van der Waals surface area contributed by atoms with E-state index in [-0.39, 0.29) is 5.91 Å². The van der Waals surface area contributed by atoms with E-state index in [1.165, 1.54) is 0 Å². The fraction of sp³-hybridized carbons (Fsp3) is 0.350. The first-order chi connectivity index (χ1) is 11.7. The Labute approximate surface area is 142 Å². The maximum absolute atomic E-state index is 13.4. The van der Waals surface area contributed by atoms with Crippen molar-refractivity contribution in [2.75, 3.05) is 24.7 Å². The number of carbonyl (C=O) groups excluding carboxylic acids is 1. The molecule has 124 valence electrons. The lowest BCUT2D eigenvalue weighted by atomic mass is 9.98. The van der Waals surface area contributed by atoms with Gasteiger partial charge in [0, 0.05) is 36.2 Å². The Morgan fingerprint density at radius 1 is 1.17 bits per heavy atom. The fourth-order valence-corrected chi connectivity index (χ4v) is 3.59. The molecule has 0 saturated carbocycles. The van der Waals surface area contributed by atoms with Crippen molar-refractivity contribution in [3.63, 3.8) is 0 Å². The average molecular weight is 323 g/mol. The van der Waals surface area contributed by atoms with E-state index < -0.39 is 0 Å². The van der Waals surface area contributed by atoms with Gasteiger partial charge in [0.1, 0.15) is 11.5 Å². The summed E-state index contributed by atoms with van der Waals surface area (Å²) < 4.78 is 11.6. The summed E-state index contributed by atoms with van der Waals surface area (Å²) in [7, 11) is 0. The fourth-order valence-electron chi connectivity index (χ4n) is 3.59. The summed E-state index contributed by atoms with van der Waals surface area (Å²) in [5.74, 6) is 1.61. The molecule has 4 nitrogen and oxygen atoms in total. The van der Waals surface area contributed by atoms with Crippen LogP contribution in [0.5, 0.6) is 11.5 Å². The van der Waals surface area contributed by atoms with Crippen LogP contribution in [0.2, 0.25) is 0 Å². The zero-order chi connectivity index (χ0) is 16.7. The maximum Gasteiger partial charge on any atom is 0.262 e. The second-order valence-electron chi connectivity index (χ2n) is 6.30. The van der Waals surface area contributed by atoms with Crippen molar-refractivity contribution in [2.24, 2.45) is 0 Å². The van der Waals surface area contributed by atoms with E-state index >= 15 is 0 Å². The molecule has 0 radical (unpaired) electrons. The second kappa shape index (κ2) is 5.86. The Morgan fingerprint density at radius 2 is 2.00 bits per heavy atom. The lowest BCUT2D eigenvalue weighted by Crippen LogP contribution is -2.31. The predicted octanol–water partition coefficient (Wildman–Crippen LogP) is 3.53. The number of anilines is 1. The Kier molecular flexibility index (Phi) is 3.68. The number of benzene rings is 2. The van der Waals surface area contributed by atoms with E-state index in [2.05, 4.69) is 0 Å². The van der Waals surface area contributed by atoms with Crippen molar-refractivity contribution >= 4 is 11.6 Å². The average Bonchev–Trinajstić information content (AvgIpc) is 3.21. The number of hydrogen-bond donors (Lipinski definition) is 0. The Bertz CT molecular complexity index is 781. The topological polar surface area (TPSA) is 38.8 Å². The molecule has 0 unspecified atom stereocenters. The molecule has 0 aliphatic carbocycles. The Hall–Kier alpha value is -2.49. The van der Waals surface area contributed by atoms with Crippen molar-refractivity contribution in [3.8, 4) is 11.5 Å². The Balaban J connectivity index is 1.82. The molecule has 0 aromatic heterocycles. The van der Waals surface area contributed by atoms with E-state index in [1.807, 2.05) is 49.1 Å². The van der Waals surface area contributed by atoms with Gasteiger partial charge in [0.2, 0.25) is 0 Å². The Morgan fingerprint density at radius 3 is 2.79 bits per heavy atom. The number of amides is 1. The van der Waals surface area contributed by atoms with Gasteiger partial charge < -0.3 is 14.4 Å². The van der Waals surface area contributed by atoms with Crippen LogP contribution in [0, 0.1) is 6.92 Å². The summed E-state index contributed by atoms with van der Waals surface area (Å²) in [6, 6.07) is 10.1. The molecule has 24 heavy (non-hydrogen) atoms. The minimum atomic E-state index is 0.00333. The van der Waals surface area contributed by atoms with Crippen LogP contribution in [-0.2, 0) is 12.8 Å². The SMILES string of the molecule is CCN(C(=O)c1c2c(cc3c1OCC3)OCC2)c1cccc(C)c1. The summed E-state index contributed by atoms with van der Waals surface area (Å²) in [6.07, 6.45) is 1.60. The molecule has 0 bridgehead atoms. The van der Waals surface area contributed by atoms with Crippen LogP contribution in [0.3, 0.4) is 0 Å². The molecule has 2 aromatic rings. The largest absolute Gasteiger partial charge is 0.493 e. The van der Waals surface area contributed by atoms with E-state index in [4.69, 9.17) is 9.47 Å². The van der Waals surface area contributed by atoms with Crippen LogP contribution in [-0.4, -0.2) is 25.7 Å². The van der Waals surface area contributed by atoms with Gasteiger partial charge in [0.25, 0.3) is 5.91 Å². The molecule has 0 saturated heterocycles. The van der Waals surface area contributed by atoms with Crippen LogP contribution in [0.1, 0.15) is 34.0 Å².